The summed E-state index contributed by atoms with van der Waals surface area (Å²) < 4.78 is 5.37. The number of fused-ring (bicyclic) bond motifs is 1. The van der Waals surface area contributed by atoms with Crippen LogP contribution in [0.25, 0.3) is 10.9 Å². The molecular weight excluding hydrogens is 264 g/mol. The van der Waals surface area contributed by atoms with Crippen LogP contribution in [-0.2, 0) is 0 Å². The number of para-hydroxylation sites is 1. The van der Waals surface area contributed by atoms with Crippen molar-refractivity contribution < 1.29 is 9.53 Å². The van der Waals surface area contributed by atoms with Crippen LogP contribution in [0.1, 0.15) is 17.4 Å². The fourth-order valence-corrected chi connectivity index (χ4v) is 2.20. The molecular formula is C17H16N2O2. The molecule has 0 saturated heterocycles. The van der Waals surface area contributed by atoms with E-state index in [1.807, 2.05) is 61.5 Å². The van der Waals surface area contributed by atoms with E-state index in [9.17, 15) is 4.79 Å². The summed E-state index contributed by atoms with van der Waals surface area (Å²) in [6.45, 7) is 2.56. The summed E-state index contributed by atoms with van der Waals surface area (Å²) in [5.41, 5.74) is 2.24. The number of hydrogen-bond donors (Lipinski definition) is 2. The fraction of sp³-hybridized carbons (Fsp3) is 0.118. The summed E-state index contributed by atoms with van der Waals surface area (Å²) in [6.07, 6.45) is 0. The molecule has 0 fully saturated rings. The van der Waals surface area contributed by atoms with Gasteiger partial charge in [0.25, 0.3) is 5.91 Å². The Morgan fingerprint density at radius 3 is 2.62 bits per heavy atom. The average Bonchev–Trinajstić information content (AvgIpc) is 2.94. The lowest BCUT2D eigenvalue weighted by Gasteiger charge is -2.06. The minimum Gasteiger partial charge on any atom is -0.494 e. The number of amides is 1. The van der Waals surface area contributed by atoms with Gasteiger partial charge in [-0.2, -0.15) is 0 Å². The molecule has 0 saturated carbocycles. The molecule has 1 heterocycles. The Labute approximate surface area is 122 Å². The van der Waals surface area contributed by atoms with Crippen molar-refractivity contribution in [2.24, 2.45) is 0 Å². The Morgan fingerprint density at radius 1 is 1.14 bits per heavy atom. The first kappa shape index (κ1) is 13.2. The van der Waals surface area contributed by atoms with Crippen molar-refractivity contribution in [3.63, 3.8) is 0 Å². The first-order chi connectivity index (χ1) is 10.3. The summed E-state index contributed by atoms with van der Waals surface area (Å²) in [5, 5.41) is 3.89. The van der Waals surface area contributed by atoms with Crippen molar-refractivity contribution in [3.05, 3.63) is 60.3 Å². The first-order valence-corrected chi connectivity index (χ1v) is 6.88. The average molecular weight is 280 g/mol. The highest BCUT2D eigenvalue weighted by atomic mass is 16.5. The standard InChI is InChI=1S/C17H16N2O2/c1-2-21-14-9-7-13(8-10-14)18-17(20)16-11-12-5-3-4-6-15(12)19-16/h3-11,19H,2H2,1H3,(H,18,20). The normalized spacial score (nSPS) is 10.5. The molecule has 0 atom stereocenters. The van der Waals surface area contributed by atoms with E-state index in [1.54, 1.807) is 0 Å². The Bertz CT molecular complexity index is 727. The highest BCUT2D eigenvalue weighted by Gasteiger charge is 2.09. The Balaban J connectivity index is 1.76. The van der Waals surface area contributed by atoms with E-state index in [4.69, 9.17) is 4.74 Å². The maximum Gasteiger partial charge on any atom is 0.272 e. The third kappa shape index (κ3) is 2.89. The maximum atomic E-state index is 12.2. The molecule has 4 heteroatoms. The number of anilines is 1. The smallest absolute Gasteiger partial charge is 0.272 e. The van der Waals surface area contributed by atoms with Crippen LogP contribution >= 0.6 is 0 Å². The van der Waals surface area contributed by atoms with Crippen molar-refractivity contribution in [2.75, 3.05) is 11.9 Å². The van der Waals surface area contributed by atoms with Crippen molar-refractivity contribution in [2.45, 2.75) is 6.92 Å². The number of aromatic amines is 1. The molecule has 1 amide bonds. The van der Waals surface area contributed by atoms with Crippen LogP contribution < -0.4 is 10.1 Å². The fourth-order valence-electron chi connectivity index (χ4n) is 2.20. The molecule has 0 radical (unpaired) electrons. The van der Waals surface area contributed by atoms with E-state index in [1.165, 1.54) is 0 Å². The molecule has 0 bridgehead atoms. The summed E-state index contributed by atoms with van der Waals surface area (Å²) in [5.74, 6) is 0.636. The van der Waals surface area contributed by atoms with Gasteiger partial charge < -0.3 is 15.0 Å². The number of rotatable bonds is 4. The van der Waals surface area contributed by atoms with Gasteiger partial charge in [0.15, 0.2) is 0 Å². The number of aromatic nitrogens is 1. The number of benzene rings is 2. The van der Waals surface area contributed by atoms with Crippen LogP contribution in [0.2, 0.25) is 0 Å². The van der Waals surface area contributed by atoms with E-state index < -0.39 is 0 Å². The van der Waals surface area contributed by atoms with Gasteiger partial charge in [-0.05, 0) is 43.3 Å². The van der Waals surface area contributed by atoms with E-state index >= 15 is 0 Å². The molecule has 0 spiro atoms. The molecule has 3 aromatic rings. The molecule has 1 aromatic heterocycles. The molecule has 2 aromatic carbocycles. The highest BCUT2D eigenvalue weighted by Crippen LogP contribution is 2.18. The second-order valence-corrected chi connectivity index (χ2v) is 4.68. The summed E-state index contributed by atoms with van der Waals surface area (Å²) in [4.78, 5) is 15.3. The van der Waals surface area contributed by atoms with E-state index in [0.717, 1.165) is 22.3 Å². The quantitative estimate of drug-likeness (QED) is 0.763. The lowest BCUT2D eigenvalue weighted by atomic mass is 10.2. The monoisotopic (exact) mass is 280 g/mol. The zero-order chi connectivity index (χ0) is 14.7. The van der Waals surface area contributed by atoms with Crippen molar-refractivity contribution in [1.82, 2.24) is 4.98 Å². The third-order valence-electron chi connectivity index (χ3n) is 3.20. The molecule has 4 nitrogen and oxygen atoms in total. The first-order valence-electron chi connectivity index (χ1n) is 6.88. The Kier molecular flexibility index (Phi) is 3.60. The van der Waals surface area contributed by atoms with Gasteiger partial charge in [-0.3, -0.25) is 4.79 Å². The highest BCUT2D eigenvalue weighted by molar-refractivity contribution is 6.05. The van der Waals surface area contributed by atoms with E-state index in [2.05, 4.69) is 10.3 Å². The molecule has 3 rings (SSSR count). The van der Waals surface area contributed by atoms with Crippen LogP contribution in [0.4, 0.5) is 5.69 Å². The maximum absolute atomic E-state index is 12.2. The van der Waals surface area contributed by atoms with Gasteiger partial charge in [0.1, 0.15) is 11.4 Å². The zero-order valence-electron chi connectivity index (χ0n) is 11.7. The molecule has 0 aliphatic heterocycles. The topological polar surface area (TPSA) is 54.1 Å². The van der Waals surface area contributed by atoms with Gasteiger partial charge in [0, 0.05) is 16.6 Å². The number of carbonyl (C=O) groups is 1. The number of H-pyrrole nitrogens is 1. The van der Waals surface area contributed by atoms with Crippen LogP contribution in [0.3, 0.4) is 0 Å². The number of carbonyl (C=O) groups excluding carboxylic acids is 1. The molecule has 2 N–H and O–H groups in total. The lowest BCUT2D eigenvalue weighted by molar-refractivity contribution is 0.102. The Hall–Kier alpha value is -2.75. The lowest BCUT2D eigenvalue weighted by Crippen LogP contribution is -2.12. The summed E-state index contributed by atoms with van der Waals surface area (Å²) in [6, 6.07) is 17.0. The van der Waals surface area contributed by atoms with Crippen LogP contribution in [0.15, 0.2) is 54.6 Å². The number of nitrogens with one attached hydrogen (secondary N) is 2. The van der Waals surface area contributed by atoms with Gasteiger partial charge >= 0.3 is 0 Å². The van der Waals surface area contributed by atoms with Crippen molar-refractivity contribution >= 4 is 22.5 Å². The molecule has 0 unspecified atom stereocenters. The predicted octanol–water partition coefficient (Wildman–Crippen LogP) is 3.82. The molecule has 0 aliphatic carbocycles. The number of ether oxygens (including phenoxy) is 1. The van der Waals surface area contributed by atoms with Gasteiger partial charge in [-0.1, -0.05) is 18.2 Å². The summed E-state index contributed by atoms with van der Waals surface area (Å²) in [7, 11) is 0. The van der Waals surface area contributed by atoms with Gasteiger partial charge in [0.05, 0.1) is 6.61 Å². The van der Waals surface area contributed by atoms with Crippen LogP contribution in [0, 0.1) is 0 Å². The van der Waals surface area contributed by atoms with Crippen LogP contribution in [0.5, 0.6) is 5.75 Å². The van der Waals surface area contributed by atoms with Gasteiger partial charge in [-0.25, -0.2) is 0 Å². The molecule has 0 aliphatic rings. The second kappa shape index (κ2) is 5.71. The van der Waals surface area contributed by atoms with Crippen molar-refractivity contribution in [1.29, 1.82) is 0 Å². The van der Waals surface area contributed by atoms with E-state index in [-0.39, 0.29) is 5.91 Å². The van der Waals surface area contributed by atoms with Gasteiger partial charge in [-0.15, -0.1) is 0 Å². The number of hydrogen-bond acceptors (Lipinski definition) is 2. The Morgan fingerprint density at radius 2 is 1.90 bits per heavy atom. The molecule has 21 heavy (non-hydrogen) atoms. The second-order valence-electron chi connectivity index (χ2n) is 4.68. The minimum absolute atomic E-state index is 0.157. The largest absolute Gasteiger partial charge is 0.494 e. The zero-order valence-corrected chi connectivity index (χ0v) is 11.7. The third-order valence-corrected chi connectivity index (χ3v) is 3.20. The minimum atomic E-state index is -0.157. The van der Waals surface area contributed by atoms with Gasteiger partial charge in [0.2, 0.25) is 0 Å². The predicted molar refractivity (Wildman–Crippen MR) is 83.9 cm³/mol. The van der Waals surface area contributed by atoms with Crippen LogP contribution in [-0.4, -0.2) is 17.5 Å². The SMILES string of the molecule is CCOc1ccc(NC(=O)c2cc3ccccc3[nH]2)cc1. The van der Waals surface area contributed by atoms with Crippen molar-refractivity contribution in [3.8, 4) is 5.75 Å². The molecule has 106 valence electrons. The van der Waals surface area contributed by atoms with E-state index in [0.29, 0.717) is 12.3 Å². The summed E-state index contributed by atoms with van der Waals surface area (Å²) >= 11 is 0.